The number of benzene rings is 2. The highest BCUT2D eigenvalue weighted by Gasteiger charge is 2.38. The van der Waals surface area contributed by atoms with E-state index in [1.54, 1.807) is 5.32 Å². The summed E-state index contributed by atoms with van der Waals surface area (Å²) in [7, 11) is 0. The number of rotatable bonds is 4. The monoisotopic (exact) mass is 354 g/mol. The normalized spacial score (nSPS) is 11.0. The smallest absolute Gasteiger partial charge is 0.471 e. The number of alkyl halides is 3. The maximum absolute atomic E-state index is 12.3. The minimum atomic E-state index is -5.03. The zero-order chi connectivity index (χ0) is 18.6. The number of nitrogens with one attached hydrogen (secondary N) is 2. The summed E-state index contributed by atoms with van der Waals surface area (Å²) in [5, 5.41) is 22.9. The molecule has 25 heavy (non-hydrogen) atoms. The van der Waals surface area contributed by atoms with Crippen molar-refractivity contribution in [2.24, 2.45) is 0 Å². The van der Waals surface area contributed by atoms with Crippen LogP contribution in [0.25, 0.3) is 0 Å². The number of anilines is 1. The number of hydrogen-bond acceptors (Lipinski definition) is 4. The third kappa shape index (κ3) is 4.87. The lowest BCUT2D eigenvalue weighted by atomic mass is 10.1. The van der Waals surface area contributed by atoms with Gasteiger partial charge in [-0.25, -0.2) is 0 Å². The van der Waals surface area contributed by atoms with Crippen molar-refractivity contribution >= 4 is 17.5 Å². The van der Waals surface area contributed by atoms with Gasteiger partial charge in [-0.05, 0) is 23.8 Å². The predicted octanol–water partition coefficient (Wildman–Crippen LogP) is 2.53. The van der Waals surface area contributed by atoms with Crippen LogP contribution in [-0.2, 0) is 11.3 Å². The van der Waals surface area contributed by atoms with Crippen molar-refractivity contribution in [1.29, 1.82) is 0 Å². The Hall–Kier alpha value is -3.23. The minimum absolute atomic E-state index is 0.0330. The van der Waals surface area contributed by atoms with E-state index < -0.39 is 18.0 Å². The second-order valence-corrected chi connectivity index (χ2v) is 5.03. The Morgan fingerprint density at radius 1 is 1.00 bits per heavy atom. The van der Waals surface area contributed by atoms with E-state index in [1.807, 2.05) is 0 Å². The average Bonchev–Trinajstić information content (AvgIpc) is 2.51. The van der Waals surface area contributed by atoms with E-state index in [4.69, 9.17) is 0 Å². The van der Waals surface area contributed by atoms with Gasteiger partial charge in [-0.1, -0.05) is 18.2 Å². The van der Waals surface area contributed by atoms with Crippen LogP contribution in [0.2, 0.25) is 0 Å². The van der Waals surface area contributed by atoms with Crippen LogP contribution in [0, 0.1) is 0 Å². The third-order valence-corrected chi connectivity index (χ3v) is 3.13. The van der Waals surface area contributed by atoms with Crippen molar-refractivity contribution in [1.82, 2.24) is 5.32 Å². The van der Waals surface area contributed by atoms with Gasteiger partial charge in [0.15, 0.2) is 0 Å². The molecule has 4 N–H and O–H groups in total. The van der Waals surface area contributed by atoms with Crippen LogP contribution < -0.4 is 10.6 Å². The summed E-state index contributed by atoms with van der Waals surface area (Å²) in [4.78, 5) is 23.1. The molecule has 0 radical (unpaired) electrons. The van der Waals surface area contributed by atoms with Crippen molar-refractivity contribution in [2.75, 3.05) is 5.32 Å². The Labute approximate surface area is 139 Å². The van der Waals surface area contributed by atoms with Crippen LogP contribution in [0.1, 0.15) is 15.9 Å². The molecule has 0 spiro atoms. The molecule has 0 saturated heterocycles. The number of carbonyl (C=O) groups excluding carboxylic acids is 2. The number of hydrogen-bond donors (Lipinski definition) is 4. The molecule has 0 aromatic heterocycles. The van der Waals surface area contributed by atoms with Crippen LogP contribution in [0.4, 0.5) is 18.9 Å². The van der Waals surface area contributed by atoms with E-state index in [0.717, 1.165) is 18.2 Å². The summed E-state index contributed by atoms with van der Waals surface area (Å²) in [5.74, 6) is -3.42. The summed E-state index contributed by atoms with van der Waals surface area (Å²) < 4.78 is 37.0. The molecule has 0 heterocycles. The fourth-order valence-corrected chi connectivity index (χ4v) is 1.99. The van der Waals surface area contributed by atoms with Gasteiger partial charge in [0, 0.05) is 23.9 Å². The van der Waals surface area contributed by atoms with Crippen LogP contribution in [-0.4, -0.2) is 28.2 Å². The second-order valence-electron chi connectivity index (χ2n) is 5.03. The minimum Gasteiger partial charge on any atom is -0.508 e. The first-order valence-electron chi connectivity index (χ1n) is 6.94. The molecule has 0 aliphatic rings. The van der Waals surface area contributed by atoms with Crippen LogP contribution >= 0.6 is 0 Å². The first-order chi connectivity index (χ1) is 11.7. The first-order valence-corrected chi connectivity index (χ1v) is 6.94. The van der Waals surface area contributed by atoms with E-state index in [1.165, 1.54) is 24.3 Å². The lowest BCUT2D eigenvalue weighted by Gasteiger charge is -2.13. The van der Waals surface area contributed by atoms with Gasteiger partial charge in [0.1, 0.15) is 11.5 Å². The Balaban J connectivity index is 2.10. The molecule has 0 fully saturated rings. The van der Waals surface area contributed by atoms with Gasteiger partial charge in [-0.3, -0.25) is 9.59 Å². The van der Waals surface area contributed by atoms with Gasteiger partial charge in [0.05, 0.1) is 0 Å². The molecule has 0 saturated carbocycles. The summed E-state index contributed by atoms with van der Waals surface area (Å²) in [6.45, 7) is -0.177. The molecule has 2 aromatic carbocycles. The summed E-state index contributed by atoms with van der Waals surface area (Å²) in [5.41, 5.74) is 0.121. The predicted molar refractivity (Wildman–Crippen MR) is 82.1 cm³/mol. The highest BCUT2D eigenvalue weighted by atomic mass is 19.4. The van der Waals surface area contributed by atoms with E-state index in [-0.39, 0.29) is 34.9 Å². The molecule has 0 atom stereocenters. The number of amides is 2. The largest absolute Gasteiger partial charge is 0.508 e. The van der Waals surface area contributed by atoms with Crippen LogP contribution in [0.3, 0.4) is 0 Å². The van der Waals surface area contributed by atoms with Gasteiger partial charge >= 0.3 is 12.1 Å². The van der Waals surface area contributed by atoms with E-state index in [2.05, 4.69) is 5.32 Å². The Kier molecular flexibility index (Phi) is 5.16. The number of halogens is 3. The fraction of sp³-hybridized carbons (Fsp3) is 0.125. The molecular weight excluding hydrogens is 341 g/mol. The molecule has 2 aromatic rings. The molecule has 0 bridgehead atoms. The van der Waals surface area contributed by atoms with Crippen molar-refractivity contribution in [3.63, 3.8) is 0 Å². The zero-order valence-electron chi connectivity index (χ0n) is 12.6. The SMILES string of the molecule is O=C(NCc1ccccc1NC(=O)C(F)(F)F)c1cc(O)cc(O)c1. The Bertz CT molecular complexity index is 786. The molecule has 0 unspecified atom stereocenters. The van der Waals surface area contributed by atoms with E-state index >= 15 is 0 Å². The maximum Gasteiger partial charge on any atom is 0.471 e. The summed E-state index contributed by atoms with van der Waals surface area (Å²) >= 11 is 0. The fourth-order valence-electron chi connectivity index (χ4n) is 1.99. The van der Waals surface area contributed by atoms with Gasteiger partial charge in [0.2, 0.25) is 0 Å². The molecular formula is C16H13F3N2O4. The van der Waals surface area contributed by atoms with Crippen molar-refractivity contribution in [3.05, 3.63) is 53.6 Å². The summed E-state index contributed by atoms with van der Waals surface area (Å²) in [6, 6.07) is 8.95. The number of para-hydroxylation sites is 1. The molecule has 2 rings (SSSR count). The molecule has 9 heteroatoms. The van der Waals surface area contributed by atoms with Gasteiger partial charge in [0.25, 0.3) is 5.91 Å². The van der Waals surface area contributed by atoms with Crippen LogP contribution in [0.15, 0.2) is 42.5 Å². The van der Waals surface area contributed by atoms with Gasteiger partial charge in [-0.2, -0.15) is 13.2 Å². The Morgan fingerprint density at radius 3 is 2.20 bits per heavy atom. The molecule has 132 valence electrons. The highest BCUT2D eigenvalue weighted by Crippen LogP contribution is 2.22. The molecule has 0 aliphatic carbocycles. The van der Waals surface area contributed by atoms with E-state index in [0.29, 0.717) is 0 Å². The number of carbonyl (C=O) groups is 2. The van der Waals surface area contributed by atoms with E-state index in [9.17, 15) is 33.0 Å². The van der Waals surface area contributed by atoms with Crippen molar-refractivity contribution in [2.45, 2.75) is 12.7 Å². The lowest BCUT2D eigenvalue weighted by molar-refractivity contribution is -0.167. The average molecular weight is 354 g/mol. The number of aromatic hydroxyl groups is 2. The van der Waals surface area contributed by atoms with Crippen LogP contribution in [0.5, 0.6) is 11.5 Å². The van der Waals surface area contributed by atoms with Gasteiger partial charge in [-0.15, -0.1) is 0 Å². The Morgan fingerprint density at radius 2 is 1.60 bits per heavy atom. The highest BCUT2D eigenvalue weighted by molar-refractivity contribution is 5.96. The first kappa shape index (κ1) is 18.1. The quantitative estimate of drug-likeness (QED) is 0.678. The zero-order valence-corrected chi connectivity index (χ0v) is 12.6. The van der Waals surface area contributed by atoms with Gasteiger partial charge < -0.3 is 20.8 Å². The standard InChI is InChI=1S/C16H13F3N2O4/c17-16(18,19)15(25)21-13-4-2-1-3-9(13)8-20-14(24)10-5-11(22)7-12(23)6-10/h1-7,22-23H,8H2,(H,20,24)(H,21,25). The third-order valence-electron chi connectivity index (χ3n) is 3.13. The molecule has 6 nitrogen and oxygen atoms in total. The number of phenolic OH excluding ortho intramolecular Hbond substituents is 2. The van der Waals surface area contributed by atoms with Crippen molar-refractivity contribution in [3.8, 4) is 11.5 Å². The molecule has 2 amide bonds. The second kappa shape index (κ2) is 7.12. The molecule has 0 aliphatic heterocycles. The maximum atomic E-state index is 12.3. The lowest BCUT2D eigenvalue weighted by Crippen LogP contribution is -2.31. The number of phenols is 2. The van der Waals surface area contributed by atoms with Crippen molar-refractivity contribution < 1.29 is 33.0 Å². The summed E-state index contributed by atoms with van der Waals surface area (Å²) in [6.07, 6.45) is -5.03. The topological polar surface area (TPSA) is 98.7 Å².